The van der Waals surface area contributed by atoms with E-state index in [0.717, 1.165) is 65.3 Å². The summed E-state index contributed by atoms with van der Waals surface area (Å²) in [5, 5.41) is 7.84. The fraction of sp³-hybridized carbons (Fsp3) is 0.256. The first kappa shape index (κ1) is 27.1. The molecule has 0 atom stereocenters. The van der Waals surface area contributed by atoms with E-state index in [2.05, 4.69) is 78.4 Å². The molecule has 6 aromatic rings. The lowest BCUT2D eigenvalue weighted by Gasteiger charge is -2.34. The van der Waals surface area contributed by atoms with Gasteiger partial charge in [0.2, 0.25) is 0 Å². The van der Waals surface area contributed by atoms with Gasteiger partial charge in [-0.2, -0.15) is 0 Å². The van der Waals surface area contributed by atoms with Crippen LogP contribution in [0.3, 0.4) is 0 Å². The molecule has 1 aliphatic rings. The van der Waals surface area contributed by atoms with E-state index in [1.807, 2.05) is 42.5 Å². The molecule has 43 heavy (non-hydrogen) atoms. The predicted molar refractivity (Wildman–Crippen MR) is 178 cm³/mol. The minimum atomic E-state index is -0.286. The van der Waals surface area contributed by atoms with Crippen molar-refractivity contribution in [2.75, 3.05) is 4.90 Å². The van der Waals surface area contributed by atoms with Crippen LogP contribution in [0.2, 0.25) is 0 Å². The molecule has 0 aliphatic carbocycles. The van der Waals surface area contributed by atoms with Crippen LogP contribution in [0.25, 0.3) is 47.9 Å². The molecule has 6 aromatic carbocycles. The summed E-state index contributed by atoms with van der Waals surface area (Å²) in [5.41, 5.74) is 5.95. The van der Waals surface area contributed by atoms with E-state index in [4.69, 9.17) is 6.57 Å². The van der Waals surface area contributed by atoms with E-state index in [9.17, 15) is 9.59 Å². The van der Waals surface area contributed by atoms with E-state index in [0.29, 0.717) is 22.5 Å². The monoisotopic (exact) mass is 562 g/mol. The summed E-state index contributed by atoms with van der Waals surface area (Å²) in [4.78, 5) is 34.4. The number of carbonyl (C=O) groups excluding carboxylic acids is 2. The number of benzene rings is 6. The number of rotatable bonds is 1. The number of carbonyl (C=O) groups is 2. The van der Waals surface area contributed by atoms with Gasteiger partial charge < -0.3 is 0 Å². The second-order valence-corrected chi connectivity index (χ2v) is 14.1. The predicted octanol–water partition coefficient (Wildman–Crippen LogP) is 10.3. The Balaban J connectivity index is 1.61. The van der Waals surface area contributed by atoms with Crippen molar-refractivity contribution in [3.05, 3.63) is 105 Å². The standard InChI is InChI=1S/C39H34N2O2/c1-20-17-26-34-27(37(43)41(36(26)42)30-19-22(38(3,4)5)13-15-28(30)39(6,7)8)18-21(2)32-25-14-16-29(40-9)23-11-10-12-24(33(23)25)31(20)35(32)34/h10-19H,1-8H3. The number of anilines is 1. The number of fused-ring (bicyclic) bond motifs is 2. The molecule has 1 aliphatic heterocycles. The van der Waals surface area contributed by atoms with Crippen LogP contribution >= 0.6 is 0 Å². The zero-order valence-corrected chi connectivity index (χ0v) is 26.0. The number of nitrogens with zero attached hydrogens (tertiary/aromatic N) is 2. The van der Waals surface area contributed by atoms with E-state index >= 15 is 0 Å². The average molecular weight is 563 g/mol. The number of amides is 2. The van der Waals surface area contributed by atoms with Gasteiger partial charge in [-0.05, 0) is 103 Å². The van der Waals surface area contributed by atoms with Gasteiger partial charge in [-0.3, -0.25) is 9.59 Å². The Morgan fingerprint density at radius 2 is 1.21 bits per heavy atom. The van der Waals surface area contributed by atoms with E-state index in [-0.39, 0.29) is 22.6 Å². The van der Waals surface area contributed by atoms with Crippen molar-refractivity contribution in [1.29, 1.82) is 0 Å². The van der Waals surface area contributed by atoms with Crippen molar-refractivity contribution in [1.82, 2.24) is 0 Å². The van der Waals surface area contributed by atoms with Gasteiger partial charge in [0.1, 0.15) is 0 Å². The van der Waals surface area contributed by atoms with Crippen molar-refractivity contribution >= 4 is 66.3 Å². The molecule has 0 spiro atoms. The van der Waals surface area contributed by atoms with Crippen molar-refractivity contribution in [3.8, 4) is 0 Å². The first-order valence-corrected chi connectivity index (χ1v) is 14.8. The van der Waals surface area contributed by atoms with Gasteiger partial charge in [0, 0.05) is 16.5 Å². The van der Waals surface area contributed by atoms with Gasteiger partial charge in [0.25, 0.3) is 11.8 Å². The lowest BCUT2D eigenvalue weighted by atomic mass is 9.79. The van der Waals surface area contributed by atoms with E-state index in [1.54, 1.807) is 0 Å². The van der Waals surface area contributed by atoms with Crippen LogP contribution in [0.15, 0.2) is 60.7 Å². The Morgan fingerprint density at radius 1 is 0.628 bits per heavy atom. The molecular formula is C39H34N2O2. The zero-order valence-electron chi connectivity index (χ0n) is 26.0. The van der Waals surface area contributed by atoms with Gasteiger partial charge in [-0.1, -0.05) is 84.0 Å². The first-order chi connectivity index (χ1) is 20.2. The number of imide groups is 1. The van der Waals surface area contributed by atoms with Crippen LogP contribution in [0.1, 0.15) is 84.5 Å². The van der Waals surface area contributed by atoms with Crippen LogP contribution in [0.5, 0.6) is 0 Å². The maximum Gasteiger partial charge on any atom is 0.266 e. The molecule has 0 saturated heterocycles. The molecule has 212 valence electrons. The number of aryl methyl sites for hydroxylation is 2. The molecule has 0 bridgehead atoms. The van der Waals surface area contributed by atoms with Gasteiger partial charge in [0.15, 0.2) is 5.69 Å². The highest BCUT2D eigenvalue weighted by Gasteiger charge is 2.39. The quantitative estimate of drug-likeness (QED) is 0.0866. The third kappa shape index (κ3) is 3.61. The summed E-state index contributed by atoms with van der Waals surface area (Å²) in [6.45, 7) is 24.6. The Hall–Kier alpha value is -4.75. The van der Waals surface area contributed by atoms with Crippen molar-refractivity contribution < 1.29 is 9.59 Å². The maximum absolute atomic E-state index is 14.6. The molecule has 1 heterocycles. The first-order valence-electron chi connectivity index (χ1n) is 14.8. The van der Waals surface area contributed by atoms with Crippen molar-refractivity contribution in [3.63, 3.8) is 0 Å². The highest BCUT2D eigenvalue weighted by Crippen LogP contribution is 2.49. The highest BCUT2D eigenvalue weighted by molar-refractivity contribution is 6.43. The molecule has 7 rings (SSSR count). The number of hydrogen-bond donors (Lipinski definition) is 0. The Kier molecular flexibility index (Phi) is 5.45. The van der Waals surface area contributed by atoms with Crippen LogP contribution in [0, 0.1) is 20.4 Å². The minimum absolute atomic E-state index is 0.152. The third-order valence-corrected chi connectivity index (χ3v) is 9.26. The Bertz CT molecular complexity index is 2190. The topological polar surface area (TPSA) is 41.7 Å². The highest BCUT2D eigenvalue weighted by atomic mass is 16.2. The Morgan fingerprint density at radius 3 is 1.77 bits per heavy atom. The molecule has 4 heteroatoms. The molecule has 4 nitrogen and oxygen atoms in total. The second-order valence-electron chi connectivity index (χ2n) is 14.1. The molecule has 0 saturated carbocycles. The zero-order chi connectivity index (χ0) is 30.7. The Labute approximate surface area is 252 Å². The SMILES string of the molecule is [C-]#[N+]c1ccc2c3c(C)cc4c5c(cc(C)c(c6cccc1c62)c53)C(=O)N(c1cc(C(C)(C)C)ccc1C(C)(C)C)C4=O. The maximum atomic E-state index is 14.6. The van der Waals surface area contributed by atoms with Gasteiger partial charge >= 0.3 is 0 Å². The summed E-state index contributed by atoms with van der Waals surface area (Å²) in [7, 11) is 0. The summed E-state index contributed by atoms with van der Waals surface area (Å²) in [6.07, 6.45) is 0. The summed E-state index contributed by atoms with van der Waals surface area (Å²) in [5.74, 6) is -0.572. The van der Waals surface area contributed by atoms with Crippen LogP contribution in [0.4, 0.5) is 11.4 Å². The normalized spacial score (nSPS) is 14.1. The lowest BCUT2D eigenvalue weighted by molar-refractivity contribution is 0.0893. The minimum Gasteiger partial charge on any atom is -0.268 e. The molecule has 0 unspecified atom stereocenters. The molecule has 2 amide bonds. The van der Waals surface area contributed by atoms with Gasteiger partial charge in [-0.15, -0.1) is 0 Å². The van der Waals surface area contributed by atoms with Crippen LogP contribution < -0.4 is 4.90 Å². The van der Waals surface area contributed by atoms with Crippen molar-refractivity contribution in [2.45, 2.75) is 66.2 Å². The molecule has 0 aromatic heterocycles. The largest absolute Gasteiger partial charge is 0.268 e. The summed E-state index contributed by atoms with van der Waals surface area (Å²) >= 11 is 0. The molecule has 0 fully saturated rings. The molecule has 0 radical (unpaired) electrons. The number of hydrogen-bond acceptors (Lipinski definition) is 2. The van der Waals surface area contributed by atoms with Crippen molar-refractivity contribution in [2.24, 2.45) is 0 Å². The van der Waals surface area contributed by atoms with E-state index in [1.165, 1.54) is 4.90 Å². The second kappa shape index (κ2) is 8.64. The third-order valence-electron chi connectivity index (χ3n) is 9.26. The van der Waals surface area contributed by atoms with Gasteiger partial charge in [0.05, 0.1) is 12.3 Å². The fourth-order valence-electron chi connectivity index (χ4n) is 7.21. The summed E-state index contributed by atoms with van der Waals surface area (Å²) in [6, 6.07) is 20.2. The smallest absolute Gasteiger partial charge is 0.266 e. The summed E-state index contributed by atoms with van der Waals surface area (Å²) < 4.78 is 0. The van der Waals surface area contributed by atoms with Crippen LogP contribution in [-0.4, -0.2) is 11.8 Å². The molecular weight excluding hydrogens is 528 g/mol. The lowest BCUT2D eigenvalue weighted by Crippen LogP contribution is -2.42. The fourth-order valence-corrected chi connectivity index (χ4v) is 7.21. The average Bonchev–Trinajstić information content (AvgIpc) is 2.94. The van der Waals surface area contributed by atoms with Crippen LogP contribution in [-0.2, 0) is 10.8 Å². The van der Waals surface area contributed by atoms with E-state index < -0.39 is 0 Å². The molecule has 0 N–H and O–H groups in total. The van der Waals surface area contributed by atoms with Gasteiger partial charge in [-0.25, -0.2) is 9.74 Å².